The molecule has 0 aromatic heterocycles. The molecule has 2 rings (SSSR count). The molecule has 0 aliphatic rings. The molecule has 0 unspecified atom stereocenters. The third-order valence-electron chi connectivity index (χ3n) is 6.33. The highest BCUT2D eigenvalue weighted by Crippen LogP contribution is 2.34. The number of rotatable bonds is 11. The molecule has 0 heterocycles. The maximum absolute atomic E-state index is 12.4. The highest BCUT2D eigenvalue weighted by Gasteiger charge is 2.24. The quantitative estimate of drug-likeness (QED) is 0.237. The Morgan fingerprint density at radius 1 is 0.706 bits per heavy atom. The lowest BCUT2D eigenvalue weighted by molar-refractivity contribution is 0.0265. The lowest BCUT2D eigenvalue weighted by atomic mass is 9.79. The number of esters is 2. The summed E-state index contributed by atoms with van der Waals surface area (Å²) in [4.78, 5) is 24.8. The number of ether oxygens (including phenoxy) is 2. The molecule has 0 radical (unpaired) electrons. The molecular weight excluding hydrogens is 428 g/mol. The van der Waals surface area contributed by atoms with Crippen LogP contribution in [0.4, 0.5) is 11.4 Å². The van der Waals surface area contributed by atoms with Crippen molar-refractivity contribution >= 4 is 23.3 Å². The SMILES string of the molecule is CCCC(C)(C)c1ccc(C(=O)OCCOC(=O)c2ccc(C(C)(C)CCC)c(N)c2)cc1N. The van der Waals surface area contributed by atoms with E-state index in [-0.39, 0.29) is 24.0 Å². The molecule has 0 aliphatic carbocycles. The van der Waals surface area contributed by atoms with E-state index in [1.165, 1.54) is 0 Å². The molecule has 0 amide bonds. The van der Waals surface area contributed by atoms with Crippen LogP contribution in [-0.2, 0) is 20.3 Å². The summed E-state index contributed by atoms with van der Waals surface area (Å²) in [6.45, 7) is 12.7. The molecule has 6 heteroatoms. The predicted octanol–water partition coefficient (Wildman–Crippen LogP) is 6.02. The molecule has 0 bridgehead atoms. The Labute approximate surface area is 204 Å². The van der Waals surface area contributed by atoms with Gasteiger partial charge in [-0.2, -0.15) is 0 Å². The average Bonchev–Trinajstić information content (AvgIpc) is 2.75. The molecule has 0 aliphatic heterocycles. The Morgan fingerprint density at radius 2 is 1.06 bits per heavy atom. The van der Waals surface area contributed by atoms with Crippen molar-refractivity contribution in [3.8, 4) is 0 Å². The third kappa shape index (κ3) is 6.75. The highest BCUT2D eigenvalue weighted by atomic mass is 16.6. The van der Waals surface area contributed by atoms with Crippen molar-refractivity contribution in [2.45, 2.75) is 78.1 Å². The maximum atomic E-state index is 12.4. The fourth-order valence-electron chi connectivity index (χ4n) is 4.57. The van der Waals surface area contributed by atoms with Crippen LogP contribution in [0.2, 0.25) is 0 Å². The number of hydrogen-bond donors (Lipinski definition) is 2. The van der Waals surface area contributed by atoms with Crippen LogP contribution in [0.3, 0.4) is 0 Å². The van der Waals surface area contributed by atoms with Crippen LogP contribution in [0.25, 0.3) is 0 Å². The van der Waals surface area contributed by atoms with Gasteiger partial charge in [-0.1, -0.05) is 66.5 Å². The van der Waals surface area contributed by atoms with E-state index in [2.05, 4.69) is 41.5 Å². The lowest BCUT2D eigenvalue weighted by Gasteiger charge is -2.26. The number of nitrogens with two attached hydrogens (primary N) is 2. The van der Waals surface area contributed by atoms with Gasteiger partial charge in [0.05, 0.1) is 11.1 Å². The van der Waals surface area contributed by atoms with Gasteiger partial charge in [0.1, 0.15) is 13.2 Å². The minimum Gasteiger partial charge on any atom is -0.458 e. The first kappa shape index (κ1) is 27.2. The highest BCUT2D eigenvalue weighted by molar-refractivity contribution is 5.91. The first-order valence-electron chi connectivity index (χ1n) is 12.1. The van der Waals surface area contributed by atoms with Crippen LogP contribution >= 0.6 is 0 Å². The molecule has 0 saturated carbocycles. The smallest absolute Gasteiger partial charge is 0.338 e. The second-order valence-electron chi connectivity index (χ2n) is 10.1. The summed E-state index contributed by atoms with van der Waals surface area (Å²) in [6.07, 6.45) is 4.08. The van der Waals surface area contributed by atoms with Gasteiger partial charge in [0, 0.05) is 11.4 Å². The van der Waals surface area contributed by atoms with Gasteiger partial charge in [-0.25, -0.2) is 9.59 Å². The molecule has 0 saturated heterocycles. The Kier molecular flexibility index (Phi) is 9.14. The number of carbonyl (C=O) groups excluding carboxylic acids is 2. The maximum Gasteiger partial charge on any atom is 0.338 e. The zero-order valence-electron chi connectivity index (χ0n) is 21.5. The number of hydrogen-bond acceptors (Lipinski definition) is 6. The number of nitrogen functional groups attached to an aromatic ring is 2. The fourth-order valence-corrected chi connectivity index (χ4v) is 4.57. The molecule has 2 aromatic rings. The first-order chi connectivity index (χ1) is 15.9. The van der Waals surface area contributed by atoms with E-state index >= 15 is 0 Å². The molecule has 0 fully saturated rings. The van der Waals surface area contributed by atoms with Gasteiger partial charge in [-0.15, -0.1) is 0 Å². The van der Waals surface area contributed by atoms with Crippen molar-refractivity contribution in [1.29, 1.82) is 0 Å². The van der Waals surface area contributed by atoms with Crippen molar-refractivity contribution in [3.63, 3.8) is 0 Å². The molecule has 0 spiro atoms. The molecule has 34 heavy (non-hydrogen) atoms. The minimum atomic E-state index is -0.505. The van der Waals surface area contributed by atoms with Crippen LogP contribution in [0.15, 0.2) is 36.4 Å². The van der Waals surface area contributed by atoms with E-state index in [4.69, 9.17) is 20.9 Å². The van der Waals surface area contributed by atoms with E-state index in [1.807, 2.05) is 12.1 Å². The van der Waals surface area contributed by atoms with E-state index < -0.39 is 11.9 Å². The number of benzene rings is 2. The van der Waals surface area contributed by atoms with Gasteiger partial charge in [0.2, 0.25) is 0 Å². The van der Waals surface area contributed by atoms with Gasteiger partial charge in [0.15, 0.2) is 0 Å². The predicted molar refractivity (Wildman–Crippen MR) is 138 cm³/mol. The van der Waals surface area contributed by atoms with Crippen molar-refractivity contribution < 1.29 is 19.1 Å². The zero-order chi connectivity index (χ0) is 25.5. The van der Waals surface area contributed by atoms with E-state index in [0.717, 1.165) is 36.8 Å². The van der Waals surface area contributed by atoms with Crippen LogP contribution in [0, 0.1) is 0 Å². The first-order valence-corrected chi connectivity index (χ1v) is 12.1. The van der Waals surface area contributed by atoms with Crippen LogP contribution < -0.4 is 11.5 Å². The Balaban J connectivity index is 1.91. The van der Waals surface area contributed by atoms with Gasteiger partial charge >= 0.3 is 11.9 Å². The second-order valence-corrected chi connectivity index (χ2v) is 10.1. The Morgan fingerprint density at radius 3 is 1.35 bits per heavy atom. The summed E-state index contributed by atoms with van der Waals surface area (Å²) in [7, 11) is 0. The summed E-state index contributed by atoms with van der Waals surface area (Å²) < 4.78 is 10.5. The summed E-state index contributed by atoms with van der Waals surface area (Å²) in [5.41, 5.74) is 16.2. The summed E-state index contributed by atoms with van der Waals surface area (Å²) in [5, 5.41) is 0. The van der Waals surface area contributed by atoms with Crippen LogP contribution in [0.1, 0.15) is 99.1 Å². The van der Waals surface area contributed by atoms with E-state index in [0.29, 0.717) is 22.5 Å². The van der Waals surface area contributed by atoms with Gasteiger partial charge in [0.25, 0.3) is 0 Å². The second kappa shape index (κ2) is 11.4. The van der Waals surface area contributed by atoms with E-state index in [1.54, 1.807) is 24.3 Å². The van der Waals surface area contributed by atoms with Crippen LogP contribution in [0.5, 0.6) is 0 Å². The number of anilines is 2. The Hall–Kier alpha value is -3.02. The zero-order valence-corrected chi connectivity index (χ0v) is 21.5. The third-order valence-corrected chi connectivity index (χ3v) is 6.33. The molecule has 4 N–H and O–H groups in total. The normalized spacial score (nSPS) is 11.8. The lowest BCUT2D eigenvalue weighted by Crippen LogP contribution is -2.20. The van der Waals surface area contributed by atoms with E-state index in [9.17, 15) is 9.59 Å². The van der Waals surface area contributed by atoms with Crippen molar-refractivity contribution in [1.82, 2.24) is 0 Å². The molecular formula is C28H40N2O4. The van der Waals surface area contributed by atoms with Crippen molar-refractivity contribution in [2.75, 3.05) is 24.7 Å². The molecule has 186 valence electrons. The monoisotopic (exact) mass is 468 g/mol. The largest absolute Gasteiger partial charge is 0.458 e. The average molecular weight is 469 g/mol. The van der Waals surface area contributed by atoms with Gasteiger partial charge in [-0.05, 0) is 59.1 Å². The van der Waals surface area contributed by atoms with Gasteiger partial charge in [-0.3, -0.25) is 0 Å². The van der Waals surface area contributed by atoms with Crippen molar-refractivity contribution in [3.05, 3.63) is 58.7 Å². The molecule has 2 aromatic carbocycles. The molecule has 0 atom stereocenters. The Bertz CT molecular complexity index is 930. The summed E-state index contributed by atoms with van der Waals surface area (Å²) in [5.74, 6) is -1.01. The molecule has 6 nitrogen and oxygen atoms in total. The summed E-state index contributed by atoms with van der Waals surface area (Å²) >= 11 is 0. The van der Waals surface area contributed by atoms with Crippen molar-refractivity contribution in [2.24, 2.45) is 0 Å². The topological polar surface area (TPSA) is 105 Å². The fraction of sp³-hybridized carbons (Fsp3) is 0.500. The number of carbonyl (C=O) groups is 2. The minimum absolute atomic E-state index is 0.0509. The summed E-state index contributed by atoms with van der Waals surface area (Å²) in [6, 6.07) is 10.5. The van der Waals surface area contributed by atoms with Crippen LogP contribution in [-0.4, -0.2) is 25.2 Å². The standard InChI is InChI=1S/C28H40N2O4/c1-7-13-27(3,4)21-11-9-19(17-23(21)29)25(31)33-15-16-34-26(32)20-10-12-22(24(30)18-20)28(5,6)14-8-2/h9-12,17-18H,7-8,13-16,29-30H2,1-6H3. The van der Waals surface area contributed by atoms with Gasteiger partial charge < -0.3 is 20.9 Å².